The van der Waals surface area contributed by atoms with Crippen LogP contribution in [0.25, 0.3) is 0 Å². The molecule has 0 saturated heterocycles. The normalized spacial score (nSPS) is 11.4. The standard InChI is InChI=1S/C22H42O4/c1-5-7-9-11-12-13-15-17-21(24)26-19-22(3,4)18-25-20(23)16-14-10-8-6-2/h5-19H2,1-4H3. The van der Waals surface area contributed by atoms with Crippen LogP contribution in [0.4, 0.5) is 0 Å². The average molecular weight is 371 g/mol. The SMILES string of the molecule is CCCCCCCCCC(=O)OCC(C)(C)COC(=O)CCCCCC. The summed E-state index contributed by atoms with van der Waals surface area (Å²) < 4.78 is 10.7. The predicted octanol–water partition coefficient (Wildman–Crippen LogP) is 6.21. The van der Waals surface area contributed by atoms with Crippen molar-refractivity contribution in [2.24, 2.45) is 5.41 Å². The third kappa shape index (κ3) is 16.4. The number of ether oxygens (including phenoxy) is 2. The summed E-state index contributed by atoms with van der Waals surface area (Å²) in [5, 5.41) is 0. The van der Waals surface area contributed by atoms with Crippen LogP contribution in [0.5, 0.6) is 0 Å². The zero-order valence-electron chi connectivity index (χ0n) is 17.7. The quantitative estimate of drug-likeness (QED) is 0.226. The largest absolute Gasteiger partial charge is 0.465 e. The summed E-state index contributed by atoms with van der Waals surface area (Å²) in [6, 6.07) is 0. The Labute approximate surface area is 161 Å². The van der Waals surface area contributed by atoms with E-state index in [4.69, 9.17) is 9.47 Å². The van der Waals surface area contributed by atoms with Crippen molar-refractivity contribution in [1.82, 2.24) is 0 Å². The highest BCUT2D eigenvalue weighted by Crippen LogP contribution is 2.18. The zero-order chi connectivity index (χ0) is 19.7. The number of esters is 2. The van der Waals surface area contributed by atoms with Gasteiger partial charge in [0.05, 0.1) is 13.2 Å². The maximum absolute atomic E-state index is 11.8. The fourth-order valence-electron chi connectivity index (χ4n) is 2.66. The molecule has 0 amide bonds. The molecule has 0 aromatic heterocycles. The molecule has 0 aliphatic rings. The van der Waals surface area contributed by atoms with Gasteiger partial charge in [0.15, 0.2) is 0 Å². The Bertz CT molecular complexity index is 363. The first-order valence-electron chi connectivity index (χ1n) is 10.7. The summed E-state index contributed by atoms with van der Waals surface area (Å²) >= 11 is 0. The monoisotopic (exact) mass is 370 g/mol. The van der Waals surface area contributed by atoms with E-state index in [-0.39, 0.29) is 17.4 Å². The van der Waals surface area contributed by atoms with E-state index in [9.17, 15) is 9.59 Å². The minimum absolute atomic E-state index is 0.141. The molecule has 0 atom stereocenters. The lowest BCUT2D eigenvalue weighted by Crippen LogP contribution is -2.28. The van der Waals surface area contributed by atoms with E-state index in [1.165, 1.54) is 32.1 Å². The Hall–Kier alpha value is -1.06. The van der Waals surface area contributed by atoms with E-state index >= 15 is 0 Å². The lowest BCUT2D eigenvalue weighted by Gasteiger charge is -2.23. The topological polar surface area (TPSA) is 52.6 Å². The van der Waals surface area contributed by atoms with Gasteiger partial charge in [-0.05, 0) is 12.8 Å². The highest BCUT2D eigenvalue weighted by molar-refractivity contribution is 5.69. The highest BCUT2D eigenvalue weighted by atomic mass is 16.5. The van der Waals surface area contributed by atoms with Crippen LogP contribution in [0.1, 0.15) is 111 Å². The number of rotatable bonds is 17. The van der Waals surface area contributed by atoms with Crippen molar-refractivity contribution in [2.45, 2.75) is 111 Å². The van der Waals surface area contributed by atoms with Gasteiger partial charge in [0.1, 0.15) is 0 Å². The summed E-state index contributed by atoms with van der Waals surface area (Å²) in [5.74, 6) is -0.291. The van der Waals surface area contributed by atoms with Crippen LogP contribution in [0.2, 0.25) is 0 Å². The molecule has 4 heteroatoms. The minimum Gasteiger partial charge on any atom is -0.465 e. The van der Waals surface area contributed by atoms with Crippen LogP contribution in [-0.2, 0) is 19.1 Å². The molecule has 0 radical (unpaired) electrons. The number of unbranched alkanes of at least 4 members (excludes halogenated alkanes) is 9. The van der Waals surface area contributed by atoms with Gasteiger partial charge in [-0.15, -0.1) is 0 Å². The highest BCUT2D eigenvalue weighted by Gasteiger charge is 2.22. The van der Waals surface area contributed by atoms with Crippen molar-refractivity contribution in [2.75, 3.05) is 13.2 Å². The van der Waals surface area contributed by atoms with Crippen molar-refractivity contribution in [3.63, 3.8) is 0 Å². The van der Waals surface area contributed by atoms with E-state index in [1.807, 2.05) is 13.8 Å². The predicted molar refractivity (Wildman–Crippen MR) is 107 cm³/mol. The van der Waals surface area contributed by atoms with Gasteiger partial charge in [-0.1, -0.05) is 85.5 Å². The molecule has 4 nitrogen and oxygen atoms in total. The first-order chi connectivity index (χ1) is 12.4. The van der Waals surface area contributed by atoms with Crippen LogP contribution < -0.4 is 0 Å². The van der Waals surface area contributed by atoms with Gasteiger partial charge in [0.25, 0.3) is 0 Å². The second-order valence-electron chi connectivity index (χ2n) is 8.17. The molecule has 0 unspecified atom stereocenters. The first-order valence-corrected chi connectivity index (χ1v) is 10.7. The molecule has 154 valence electrons. The molecule has 0 bridgehead atoms. The molecule has 0 aromatic carbocycles. The maximum Gasteiger partial charge on any atom is 0.305 e. The number of carbonyl (C=O) groups is 2. The molecule has 0 heterocycles. The smallest absolute Gasteiger partial charge is 0.305 e. The van der Waals surface area contributed by atoms with Gasteiger partial charge < -0.3 is 9.47 Å². The number of carbonyl (C=O) groups excluding carboxylic acids is 2. The van der Waals surface area contributed by atoms with Crippen molar-refractivity contribution in [3.05, 3.63) is 0 Å². The van der Waals surface area contributed by atoms with Crippen LogP contribution in [0, 0.1) is 5.41 Å². The second kappa shape index (κ2) is 16.1. The van der Waals surface area contributed by atoms with Crippen LogP contribution in [0.3, 0.4) is 0 Å². The van der Waals surface area contributed by atoms with Gasteiger partial charge in [0, 0.05) is 18.3 Å². The number of hydrogen-bond acceptors (Lipinski definition) is 4. The third-order valence-corrected chi connectivity index (χ3v) is 4.47. The Morgan fingerprint density at radius 1 is 0.615 bits per heavy atom. The molecule has 0 N–H and O–H groups in total. The molecule has 0 aliphatic heterocycles. The molecular weight excluding hydrogens is 328 g/mol. The molecule has 0 spiro atoms. The Morgan fingerprint density at radius 3 is 1.38 bits per heavy atom. The van der Waals surface area contributed by atoms with Gasteiger partial charge in [-0.25, -0.2) is 0 Å². The molecule has 0 fully saturated rings. The molecular formula is C22H42O4. The van der Waals surface area contributed by atoms with Crippen LogP contribution in [-0.4, -0.2) is 25.2 Å². The fourth-order valence-corrected chi connectivity index (χ4v) is 2.66. The Kier molecular flexibility index (Phi) is 15.5. The lowest BCUT2D eigenvalue weighted by atomic mass is 9.96. The van der Waals surface area contributed by atoms with Gasteiger partial charge in [-0.2, -0.15) is 0 Å². The first kappa shape index (κ1) is 24.9. The molecule has 0 aliphatic carbocycles. The van der Waals surface area contributed by atoms with Gasteiger partial charge >= 0.3 is 11.9 Å². The van der Waals surface area contributed by atoms with Crippen LogP contribution in [0.15, 0.2) is 0 Å². The van der Waals surface area contributed by atoms with Crippen molar-refractivity contribution in [3.8, 4) is 0 Å². The summed E-state index contributed by atoms with van der Waals surface area (Å²) in [7, 11) is 0. The van der Waals surface area contributed by atoms with E-state index in [0.717, 1.165) is 38.5 Å². The zero-order valence-corrected chi connectivity index (χ0v) is 17.7. The average Bonchev–Trinajstić information content (AvgIpc) is 2.61. The summed E-state index contributed by atoms with van der Waals surface area (Å²) in [6.07, 6.45) is 13.6. The molecule has 26 heavy (non-hydrogen) atoms. The molecule has 0 rings (SSSR count). The van der Waals surface area contributed by atoms with Crippen molar-refractivity contribution < 1.29 is 19.1 Å². The van der Waals surface area contributed by atoms with E-state index in [1.54, 1.807) is 0 Å². The van der Waals surface area contributed by atoms with Crippen LogP contribution >= 0.6 is 0 Å². The second-order valence-corrected chi connectivity index (χ2v) is 8.17. The fraction of sp³-hybridized carbons (Fsp3) is 0.909. The van der Waals surface area contributed by atoms with Crippen molar-refractivity contribution >= 4 is 11.9 Å². The lowest BCUT2D eigenvalue weighted by molar-refractivity contribution is -0.152. The van der Waals surface area contributed by atoms with Crippen molar-refractivity contribution in [1.29, 1.82) is 0 Å². The molecule has 0 saturated carbocycles. The maximum atomic E-state index is 11.8. The third-order valence-electron chi connectivity index (χ3n) is 4.47. The van der Waals surface area contributed by atoms with Gasteiger partial charge in [0.2, 0.25) is 0 Å². The summed E-state index contributed by atoms with van der Waals surface area (Å²) in [4.78, 5) is 23.6. The summed E-state index contributed by atoms with van der Waals surface area (Å²) in [6.45, 7) is 8.87. The van der Waals surface area contributed by atoms with Gasteiger partial charge in [-0.3, -0.25) is 9.59 Å². The number of hydrogen-bond donors (Lipinski definition) is 0. The molecule has 0 aromatic rings. The summed E-state index contributed by atoms with van der Waals surface area (Å²) in [5.41, 5.74) is -0.338. The van der Waals surface area contributed by atoms with E-state index in [2.05, 4.69) is 13.8 Å². The Morgan fingerprint density at radius 2 is 0.962 bits per heavy atom. The minimum atomic E-state index is -0.338. The van der Waals surface area contributed by atoms with E-state index < -0.39 is 0 Å². The Balaban J connectivity index is 3.70. The van der Waals surface area contributed by atoms with E-state index in [0.29, 0.717) is 26.1 Å².